The highest BCUT2D eigenvalue weighted by atomic mass is 15.1. The lowest BCUT2D eigenvalue weighted by Crippen LogP contribution is -2.04. The molecule has 0 aliphatic rings. The van der Waals surface area contributed by atoms with Crippen molar-refractivity contribution in [1.82, 2.24) is 19.5 Å². The van der Waals surface area contributed by atoms with E-state index in [9.17, 15) is 0 Å². The molecule has 0 aliphatic carbocycles. The zero-order chi connectivity index (χ0) is 40.5. The summed E-state index contributed by atoms with van der Waals surface area (Å²) in [5, 5.41) is 2.38. The van der Waals surface area contributed by atoms with E-state index in [1.165, 1.54) is 33.0 Å². The fourth-order valence-corrected chi connectivity index (χ4v) is 8.44. The van der Waals surface area contributed by atoms with Crippen LogP contribution in [0, 0.1) is 0 Å². The summed E-state index contributed by atoms with van der Waals surface area (Å²) in [5.41, 5.74) is 15.1. The quantitative estimate of drug-likeness (QED) is 0.154. The average Bonchev–Trinajstić information content (AvgIpc) is 3.69. The molecule has 0 N–H and O–H groups in total. The van der Waals surface area contributed by atoms with Crippen molar-refractivity contribution >= 4 is 21.8 Å². The van der Waals surface area contributed by atoms with Crippen molar-refractivity contribution < 1.29 is 0 Å². The number of hydrogen-bond acceptors (Lipinski definition) is 3. The van der Waals surface area contributed by atoms with Crippen molar-refractivity contribution in [3.8, 4) is 84.4 Å². The zero-order valence-electron chi connectivity index (χ0n) is 33.2. The van der Waals surface area contributed by atoms with Crippen molar-refractivity contribution in [2.24, 2.45) is 0 Å². The molecule has 0 aliphatic heterocycles. The van der Waals surface area contributed by atoms with Gasteiger partial charge in [0.1, 0.15) is 0 Å². The minimum Gasteiger partial charge on any atom is -0.308 e. The highest BCUT2D eigenvalue weighted by Gasteiger charge is 2.20. The lowest BCUT2D eigenvalue weighted by atomic mass is 9.97. The summed E-state index contributed by atoms with van der Waals surface area (Å²) >= 11 is 0. The molecule has 0 atom stereocenters. The Kier molecular flexibility index (Phi) is 9.14. The van der Waals surface area contributed by atoms with Crippen molar-refractivity contribution in [1.29, 1.82) is 0 Å². The van der Waals surface area contributed by atoms with E-state index in [0.717, 1.165) is 55.7 Å². The molecule has 0 amide bonds. The summed E-state index contributed by atoms with van der Waals surface area (Å²) in [4.78, 5) is 15.8. The van der Waals surface area contributed by atoms with E-state index in [1.54, 1.807) is 0 Å². The lowest BCUT2D eigenvalue weighted by molar-refractivity contribution is 1.06. The van der Waals surface area contributed by atoms with Crippen LogP contribution in [-0.4, -0.2) is 19.5 Å². The van der Waals surface area contributed by atoms with Gasteiger partial charge in [0, 0.05) is 27.5 Å². The molecule has 0 bridgehead atoms. The average molecular weight is 779 g/mol. The molecule has 9 aromatic carbocycles. The number of rotatable bonds is 8. The number of aromatic nitrogens is 4. The van der Waals surface area contributed by atoms with Crippen LogP contribution in [0.5, 0.6) is 0 Å². The molecule has 11 aromatic rings. The first-order chi connectivity index (χ1) is 30.2. The number of nitrogens with zero attached hydrogens (tertiary/aromatic N) is 4. The summed E-state index contributed by atoms with van der Waals surface area (Å²) in [6, 6.07) is 81.2. The second-order valence-electron chi connectivity index (χ2n) is 15.2. The lowest BCUT2D eigenvalue weighted by Gasteiger charge is -2.17. The predicted molar refractivity (Wildman–Crippen MR) is 252 cm³/mol. The van der Waals surface area contributed by atoms with Gasteiger partial charge in [0.25, 0.3) is 0 Å². The Bertz CT molecular complexity index is 3280. The molecular weight excluding hydrogens is 741 g/mol. The van der Waals surface area contributed by atoms with Crippen molar-refractivity contribution in [2.45, 2.75) is 0 Å². The summed E-state index contributed by atoms with van der Waals surface area (Å²) in [7, 11) is 0. The topological polar surface area (TPSA) is 43.6 Å². The van der Waals surface area contributed by atoms with E-state index in [-0.39, 0.29) is 0 Å². The Hall–Kier alpha value is -8.21. The molecule has 0 saturated heterocycles. The number of benzene rings is 9. The number of fused-ring (bicyclic) bond motifs is 3. The van der Waals surface area contributed by atoms with Gasteiger partial charge < -0.3 is 4.57 Å². The minimum absolute atomic E-state index is 0.600. The number of para-hydroxylation sites is 2. The van der Waals surface area contributed by atoms with E-state index in [2.05, 4.69) is 211 Å². The van der Waals surface area contributed by atoms with E-state index in [0.29, 0.717) is 17.5 Å². The summed E-state index contributed by atoms with van der Waals surface area (Å²) in [5.74, 6) is 1.83. The van der Waals surface area contributed by atoms with Crippen molar-refractivity contribution in [3.05, 3.63) is 231 Å². The molecule has 2 aromatic heterocycles. The van der Waals surface area contributed by atoms with Crippen LogP contribution in [-0.2, 0) is 0 Å². The first-order valence-electron chi connectivity index (χ1n) is 20.6. The molecule has 0 saturated carbocycles. The summed E-state index contributed by atoms with van der Waals surface area (Å²) in [6.07, 6.45) is 0. The Morgan fingerprint density at radius 1 is 0.246 bits per heavy atom. The minimum atomic E-state index is 0.600. The number of hydrogen-bond donors (Lipinski definition) is 0. The molecule has 0 spiro atoms. The van der Waals surface area contributed by atoms with Crippen molar-refractivity contribution in [2.75, 3.05) is 0 Å². The van der Waals surface area contributed by atoms with Gasteiger partial charge in [-0.15, -0.1) is 0 Å². The van der Waals surface area contributed by atoms with Gasteiger partial charge in [-0.1, -0.05) is 194 Å². The van der Waals surface area contributed by atoms with Gasteiger partial charge in [-0.3, -0.25) is 0 Å². The smallest absolute Gasteiger partial charge is 0.166 e. The summed E-state index contributed by atoms with van der Waals surface area (Å²) in [6.45, 7) is 0. The fraction of sp³-hybridized carbons (Fsp3) is 0. The highest BCUT2D eigenvalue weighted by molar-refractivity contribution is 6.09. The van der Waals surface area contributed by atoms with Crippen LogP contribution >= 0.6 is 0 Å². The maximum Gasteiger partial charge on any atom is 0.166 e. The van der Waals surface area contributed by atoms with Crippen LogP contribution in [0.4, 0.5) is 0 Å². The van der Waals surface area contributed by atoms with E-state index < -0.39 is 0 Å². The normalized spacial score (nSPS) is 11.3. The van der Waals surface area contributed by atoms with E-state index >= 15 is 0 Å². The second kappa shape index (κ2) is 15.5. The van der Waals surface area contributed by atoms with Crippen LogP contribution in [0.25, 0.3) is 106 Å². The third-order valence-corrected chi connectivity index (χ3v) is 11.5. The van der Waals surface area contributed by atoms with E-state index in [1.807, 2.05) is 24.3 Å². The van der Waals surface area contributed by atoms with Crippen LogP contribution in [0.1, 0.15) is 0 Å². The Labute approximate surface area is 354 Å². The molecular formula is C57H38N4. The van der Waals surface area contributed by atoms with Gasteiger partial charge in [-0.2, -0.15) is 0 Å². The molecule has 0 unspecified atom stereocenters. The van der Waals surface area contributed by atoms with Crippen LogP contribution in [0.2, 0.25) is 0 Å². The van der Waals surface area contributed by atoms with Gasteiger partial charge in [0.05, 0.1) is 16.7 Å². The van der Waals surface area contributed by atoms with Crippen LogP contribution in [0.3, 0.4) is 0 Å². The largest absolute Gasteiger partial charge is 0.308 e. The first-order valence-corrected chi connectivity index (χ1v) is 20.6. The van der Waals surface area contributed by atoms with Crippen molar-refractivity contribution in [3.63, 3.8) is 0 Å². The third kappa shape index (κ3) is 6.86. The molecule has 0 radical (unpaired) electrons. The van der Waals surface area contributed by atoms with E-state index in [4.69, 9.17) is 15.0 Å². The highest BCUT2D eigenvalue weighted by Crippen LogP contribution is 2.39. The predicted octanol–water partition coefficient (Wildman–Crippen LogP) is 14.6. The third-order valence-electron chi connectivity index (χ3n) is 11.5. The van der Waals surface area contributed by atoms with Crippen LogP contribution in [0.15, 0.2) is 231 Å². The Balaban J connectivity index is 1.10. The first kappa shape index (κ1) is 35.9. The molecule has 4 heteroatoms. The standard InChI is InChI=1S/C57H38N4/c1-4-16-39(17-5-1)41-30-32-42(33-31-41)45-23-15-25-48(37-45)56-58-55(43-20-8-3-9-21-43)59-57(60-56)51-35-34-47(46-24-14-22-44(36-46)40-18-6-2-7-19-40)38-54(51)61-52-28-12-10-26-49(52)50-27-11-13-29-53(50)61/h1-38H. The Morgan fingerprint density at radius 2 is 0.607 bits per heavy atom. The zero-order valence-corrected chi connectivity index (χ0v) is 33.2. The Morgan fingerprint density at radius 3 is 1.20 bits per heavy atom. The van der Waals surface area contributed by atoms with Gasteiger partial charge in [0.2, 0.25) is 0 Å². The molecule has 4 nitrogen and oxygen atoms in total. The molecule has 286 valence electrons. The van der Waals surface area contributed by atoms with Gasteiger partial charge >= 0.3 is 0 Å². The van der Waals surface area contributed by atoms with Gasteiger partial charge in [-0.05, 0) is 80.9 Å². The molecule has 61 heavy (non-hydrogen) atoms. The molecule has 2 heterocycles. The monoisotopic (exact) mass is 778 g/mol. The van der Waals surface area contributed by atoms with Gasteiger partial charge in [-0.25, -0.2) is 15.0 Å². The summed E-state index contributed by atoms with van der Waals surface area (Å²) < 4.78 is 2.37. The fourth-order valence-electron chi connectivity index (χ4n) is 8.44. The second-order valence-corrected chi connectivity index (χ2v) is 15.2. The van der Waals surface area contributed by atoms with Gasteiger partial charge in [0.15, 0.2) is 17.5 Å². The van der Waals surface area contributed by atoms with Crippen LogP contribution < -0.4 is 0 Å². The molecule has 0 fully saturated rings. The maximum atomic E-state index is 5.34. The maximum absolute atomic E-state index is 5.34. The molecule has 11 rings (SSSR count). The SMILES string of the molecule is c1ccc(-c2ccc(-c3cccc(-c4nc(-c5ccccc5)nc(-c5ccc(-c6cccc(-c7ccccc7)c6)cc5-n5c6ccccc6c6ccccc65)n4)c3)cc2)cc1.